The number of rotatable bonds is 3. The van der Waals surface area contributed by atoms with Crippen molar-refractivity contribution in [3.05, 3.63) is 58.4 Å². The zero-order chi connectivity index (χ0) is 15.6. The molecule has 1 amide bonds. The zero-order valence-electron chi connectivity index (χ0n) is 10.4. The third-order valence-corrected chi connectivity index (χ3v) is 2.99. The first kappa shape index (κ1) is 14.8. The molecule has 0 aliphatic heterocycles. The number of phenolic OH excluding ortho intramolecular Hbond substituents is 1. The number of aromatic carboxylic acids is 1. The van der Waals surface area contributed by atoms with Gasteiger partial charge in [0.05, 0.1) is 16.3 Å². The molecule has 21 heavy (non-hydrogen) atoms. The van der Waals surface area contributed by atoms with Gasteiger partial charge in [-0.15, -0.1) is 0 Å². The molecule has 0 bridgehead atoms. The maximum absolute atomic E-state index is 13.1. The van der Waals surface area contributed by atoms with E-state index in [0.717, 1.165) is 18.2 Å². The number of aromatic hydroxyl groups is 1. The van der Waals surface area contributed by atoms with Crippen LogP contribution >= 0.6 is 11.6 Å². The van der Waals surface area contributed by atoms with Crippen molar-refractivity contribution in [1.29, 1.82) is 0 Å². The van der Waals surface area contributed by atoms with Gasteiger partial charge in [-0.05, 0) is 30.3 Å². The molecule has 0 spiro atoms. The minimum Gasteiger partial charge on any atom is -0.507 e. The summed E-state index contributed by atoms with van der Waals surface area (Å²) in [6.45, 7) is 0. The Hall–Kier alpha value is -2.60. The van der Waals surface area contributed by atoms with Crippen molar-refractivity contribution in [2.75, 3.05) is 5.32 Å². The summed E-state index contributed by atoms with van der Waals surface area (Å²) in [6, 6.07) is 7.02. The largest absolute Gasteiger partial charge is 0.507 e. The Morgan fingerprint density at radius 1 is 1.19 bits per heavy atom. The van der Waals surface area contributed by atoms with Crippen LogP contribution in [0.25, 0.3) is 0 Å². The van der Waals surface area contributed by atoms with Gasteiger partial charge in [0, 0.05) is 0 Å². The van der Waals surface area contributed by atoms with Crippen LogP contribution in [0.3, 0.4) is 0 Å². The molecule has 0 fully saturated rings. The monoisotopic (exact) mass is 309 g/mol. The number of carboxylic acid groups (broad SMARTS) is 1. The van der Waals surface area contributed by atoms with Crippen molar-refractivity contribution >= 4 is 29.2 Å². The topological polar surface area (TPSA) is 86.6 Å². The number of carboxylic acids is 1. The molecule has 2 aromatic rings. The lowest BCUT2D eigenvalue weighted by Gasteiger charge is -2.10. The van der Waals surface area contributed by atoms with E-state index in [4.69, 9.17) is 16.7 Å². The molecule has 2 rings (SSSR count). The van der Waals surface area contributed by atoms with E-state index in [1.54, 1.807) is 0 Å². The van der Waals surface area contributed by atoms with Crippen LogP contribution in [0.4, 0.5) is 10.1 Å². The first-order valence-electron chi connectivity index (χ1n) is 5.72. The Labute approximate surface area is 123 Å². The highest BCUT2D eigenvalue weighted by atomic mass is 35.5. The minimum absolute atomic E-state index is 0.0521. The van der Waals surface area contributed by atoms with Crippen LogP contribution in [-0.2, 0) is 0 Å². The lowest BCUT2D eigenvalue weighted by molar-refractivity contribution is 0.0698. The molecule has 0 heterocycles. The van der Waals surface area contributed by atoms with E-state index in [2.05, 4.69) is 5.32 Å². The Balaban J connectivity index is 2.39. The molecular formula is C14H9ClFNO4. The van der Waals surface area contributed by atoms with Gasteiger partial charge in [0.15, 0.2) is 0 Å². The fraction of sp³-hybridized carbons (Fsp3) is 0. The molecule has 0 saturated carbocycles. The van der Waals surface area contributed by atoms with Gasteiger partial charge in [-0.2, -0.15) is 0 Å². The van der Waals surface area contributed by atoms with E-state index in [-0.39, 0.29) is 21.8 Å². The molecule has 3 N–H and O–H groups in total. The van der Waals surface area contributed by atoms with Gasteiger partial charge in [0.1, 0.15) is 17.1 Å². The van der Waals surface area contributed by atoms with Gasteiger partial charge in [0.25, 0.3) is 5.91 Å². The number of nitrogens with one attached hydrogen (secondary N) is 1. The number of carbonyl (C=O) groups excluding carboxylic acids is 1. The molecule has 0 aliphatic carbocycles. The molecule has 0 radical (unpaired) electrons. The highest BCUT2D eigenvalue weighted by Gasteiger charge is 2.18. The summed E-state index contributed by atoms with van der Waals surface area (Å²) in [7, 11) is 0. The second-order valence-corrected chi connectivity index (χ2v) is 4.49. The average molecular weight is 310 g/mol. The SMILES string of the molecule is O=C(Nc1cccc(Cl)c1C(=O)O)c1cc(F)ccc1O. The van der Waals surface area contributed by atoms with Gasteiger partial charge in [-0.3, -0.25) is 4.79 Å². The second-order valence-electron chi connectivity index (χ2n) is 4.08. The van der Waals surface area contributed by atoms with Crippen LogP contribution in [0.15, 0.2) is 36.4 Å². The number of hydrogen-bond acceptors (Lipinski definition) is 3. The van der Waals surface area contributed by atoms with Crippen LogP contribution in [0.1, 0.15) is 20.7 Å². The zero-order valence-corrected chi connectivity index (χ0v) is 11.2. The lowest BCUT2D eigenvalue weighted by atomic mass is 10.1. The number of hydrogen-bond donors (Lipinski definition) is 3. The first-order chi connectivity index (χ1) is 9.90. The molecule has 0 unspecified atom stereocenters. The molecule has 7 heteroatoms. The predicted octanol–water partition coefficient (Wildman–Crippen LogP) is 3.14. The Bertz CT molecular complexity index is 733. The van der Waals surface area contributed by atoms with Crippen molar-refractivity contribution in [2.45, 2.75) is 0 Å². The maximum atomic E-state index is 13.1. The highest BCUT2D eigenvalue weighted by molar-refractivity contribution is 6.34. The Kier molecular flexibility index (Phi) is 4.09. The van der Waals surface area contributed by atoms with E-state index in [0.29, 0.717) is 0 Å². The summed E-state index contributed by atoms with van der Waals surface area (Å²) >= 11 is 5.77. The molecule has 0 atom stereocenters. The summed E-state index contributed by atoms with van der Waals surface area (Å²) in [5, 5.41) is 20.9. The highest BCUT2D eigenvalue weighted by Crippen LogP contribution is 2.26. The summed E-state index contributed by atoms with van der Waals surface area (Å²) in [4.78, 5) is 23.1. The molecule has 5 nitrogen and oxygen atoms in total. The molecule has 0 aromatic heterocycles. The number of anilines is 1. The van der Waals surface area contributed by atoms with Crippen LogP contribution < -0.4 is 5.32 Å². The lowest BCUT2D eigenvalue weighted by Crippen LogP contribution is -2.15. The number of amides is 1. The fourth-order valence-corrected chi connectivity index (χ4v) is 1.98. The predicted molar refractivity (Wildman–Crippen MR) is 74.4 cm³/mol. The molecular weight excluding hydrogens is 301 g/mol. The number of phenols is 1. The maximum Gasteiger partial charge on any atom is 0.339 e. The smallest absolute Gasteiger partial charge is 0.339 e. The van der Waals surface area contributed by atoms with Gasteiger partial charge < -0.3 is 15.5 Å². The van der Waals surface area contributed by atoms with Crippen molar-refractivity contribution in [3.8, 4) is 5.75 Å². The van der Waals surface area contributed by atoms with Gasteiger partial charge in [-0.25, -0.2) is 9.18 Å². The standard InChI is InChI=1S/C14H9ClFNO4/c15-9-2-1-3-10(12(9)14(20)21)17-13(19)8-6-7(16)4-5-11(8)18/h1-6,18H,(H,17,19)(H,20,21). The Morgan fingerprint density at radius 3 is 2.57 bits per heavy atom. The number of halogens is 2. The number of benzene rings is 2. The van der Waals surface area contributed by atoms with Crippen LogP contribution in [0, 0.1) is 5.82 Å². The third kappa shape index (κ3) is 3.11. The van der Waals surface area contributed by atoms with Crippen LogP contribution in [0.5, 0.6) is 5.75 Å². The van der Waals surface area contributed by atoms with Gasteiger partial charge in [0.2, 0.25) is 0 Å². The van der Waals surface area contributed by atoms with E-state index in [9.17, 15) is 19.1 Å². The second kappa shape index (κ2) is 5.80. The normalized spacial score (nSPS) is 10.2. The van der Waals surface area contributed by atoms with E-state index >= 15 is 0 Å². The summed E-state index contributed by atoms with van der Waals surface area (Å²) in [6.07, 6.45) is 0. The average Bonchev–Trinajstić information content (AvgIpc) is 2.41. The van der Waals surface area contributed by atoms with Crippen molar-refractivity contribution in [3.63, 3.8) is 0 Å². The molecule has 0 aliphatic rings. The van der Waals surface area contributed by atoms with E-state index < -0.39 is 23.4 Å². The van der Waals surface area contributed by atoms with Crippen molar-refractivity contribution in [2.24, 2.45) is 0 Å². The van der Waals surface area contributed by atoms with Gasteiger partial charge in [-0.1, -0.05) is 17.7 Å². The summed E-state index contributed by atoms with van der Waals surface area (Å²) in [5.41, 5.74) is -0.654. The van der Waals surface area contributed by atoms with Crippen LogP contribution in [-0.4, -0.2) is 22.1 Å². The number of carbonyl (C=O) groups is 2. The summed E-state index contributed by atoms with van der Waals surface area (Å²) in [5.74, 6) is -3.30. The fourth-order valence-electron chi connectivity index (χ4n) is 1.73. The minimum atomic E-state index is -1.32. The molecule has 0 saturated heterocycles. The van der Waals surface area contributed by atoms with Crippen molar-refractivity contribution in [1.82, 2.24) is 0 Å². The van der Waals surface area contributed by atoms with Gasteiger partial charge >= 0.3 is 5.97 Å². The van der Waals surface area contributed by atoms with Crippen molar-refractivity contribution < 1.29 is 24.2 Å². The third-order valence-electron chi connectivity index (χ3n) is 2.68. The van der Waals surface area contributed by atoms with E-state index in [1.807, 2.05) is 0 Å². The first-order valence-corrected chi connectivity index (χ1v) is 6.09. The molecule has 2 aromatic carbocycles. The quantitative estimate of drug-likeness (QED) is 0.813. The molecule has 108 valence electrons. The van der Waals surface area contributed by atoms with Crippen LogP contribution in [0.2, 0.25) is 5.02 Å². The van der Waals surface area contributed by atoms with E-state index in [1.165, 1.54) is 18.2 Å². The Morgan fingerprint density at radius 2 is 1.90 bits per heavy atom. The summed E-state index contributed by atoms with van der Waals surface area (Å²) < 4.78 is 13.1.